The number of furan rings is 1. The van der Waals surface area contributed by atoms with Crippen molar-refractivity contribution >= 4 is 27.2 Å². The molecule has 2 aromatic heterocycles. The zero-order valence-electron chi connectivity index (χ0n) is 23.6. The van der Waals surface area contributed by atoms with Crippen LogP contribution in [0.5, 0.6) is 0 Å². The number of aliphatic hydroxyl groups excluding tert-OH is 1. The molecule has 220 valence electrons. The van der Waals surface area contributed by atoms with Gasteiger partial charge in [-0.3, -0.25) is 14.6 Å². The fourth-order valence-corrected chi connectivity index (χ4v) is 7.42. The molecule has 1 fully saturated rings. The number of piperidine rings is 1. The average Bonchev–Trinajstić information content (AvgIpc) is 3.45. The van der Waals surface area contributed by atoms with E-state index in [1.54, 1.807) is 43.5 Å². The lowest BCUT2D eigenvalue weighted by atomic mass is 10.1. The summed E-state index contributed by atoms with van der Waals surface area (Å²) < 4.78 is 23.9. The summed E-state index contributed by atoms with van der Waals surface area (Å²) in [5.74, 6) is -0.353. The fourth-order valence-electron chi connectivity index (χ4n) is 5.21. The highest BCUT2D eigenvalue weighted by atomic mass is 32.2. The Bertz CT molecular complexity index is 1610. The number of benzene rings is 1. The van der Waals surface area contributed by atoms with E-state index in [-0.39, 0.29) is 28.6 Å². The Morgan fingerprint density at radius 2 is 1.98 bits per heavy atom. The lowest BCUT2D eigenvalue weighted by Crippen LogP contribution is -2.37. The smallest absolute Gasteiger partial charge is 0.291 e. The van der Waals surface area contributed by atoms with Crippen LogP contribution in [0.4, 0.5) is 5.69 Å². The molecule has 10 heteroatoms. The Morgan fingerprint density at radius 3 is 2.71 bits per heavy atom. The average molecular weight is 589 g/mol. The lowest BCUT2D eigenvalue weighted by molar-refractivity contribution is 0.0827. The van der Waals surface area contributed by atoms with Crippen molar-refractivity contribution in [2.45, 2.75) is 44.0 Å². The second kappa shape index (κ2) is 13.4. The topological polar surface area (TPSA) is 125 Å². The van der Waals surface area contributed by atoms with Gasteiger partial charge in [0.25, 0.3) is 11.8 Å². The first-order valence-electron chi connectivity index (χ1n) is 14.2. The van der Waals surface area contributed by atoms with Gasteiger partial charge in [-0.15, -0.1) is 0 Å². The third-order valence-corrected chi connectivity index (χ3v) is 10.3. The first kappa shape index (κ1) is 29.6. The highest BCUT2D eigenvalue weighted by Crippen LogP contribution is 2.25. The van der Waals surface area contributed by atoms with Gasteiger partial charge in [-0.2, -0.15) is 4.36 Å². The van der Waals surface area contributed by atoms with Gasteiger partial charge in [0.2, 0.25) is 0 Å². The second-order valence-electron chi connectivity index (χ2n) is 10.7. The number of aromatic nitrogens is 1. The molecule has 5 rings (SSSR count). The molecule has 1 saturated heterocycles. The quantitative estimate of drug-likeness (QED) is 0.350. The number of aryl methyl sites for hydroxylation is 1. The van der Waals surface area contributed by atoms with Crippen molar-refractivity contribution in [2.24, 2.45) is 4.36 Å². The van der Waals surface area contributed by atoms with Gasteiger partial charge in [0.05, 0.1) is 32.9 Å². The molecule has 2 aliphatic rings. The number of nitrogens with zero attached hydrogens (tertiary/aromatic N) is 3. The molecule has 1 aliphatic heterocycles. The number of likely N-dealkylation sites (tertiary alicyclic amines) is 1. The van der Waals surface area contributed by atoms with Crippen LogP contribution in [0.2, 0.25) is 0 Å². The largest absolute Gasteiger partial charge is 0.459 e. The number of hydrogen-bond donors (Lipinski definition) is 2. The van der Waals surface area contributed by atoms with Gasteiger partial charge in [0, 0.05) is 48.1 Å². The molecule has 2 amide bonds. The Labute approximate surface area is 246 Å². The van der Waals surface area contributed by atoms with Crippen LogP contribution in [0.3, 0.4) is 0 Å². The molecule has 9 nitrogen and oxygen atoms in total. The van der Waals surface area contributed by atoms with Gasteiger partial charge >= 0.3 is 0 Å². The monoisotopic (exact) mass is 588 g/mol. The maximum Gasteiger partial charge on any atom is 0.291 e. The van der Waals surface area contributed by atoms with Crippen molar-refractivity contribution < 1.29 is 23.3 Å². The number of rotatable bonds is 9. The normalized spacial score (nSPS) is 18.9. The van der Waals surface area contributed by atoms with Crippen LogP contribution in [0.25, 0.3) is 11.1 Å². The number of carbonyl (C=O) groups is 2. The number of aliphatic hydroxyl groups is 1. The summed E-state index contributed by atoms with van der Waals surface area (Å²) in [6, 6.07) is 10.6. The third-order valence-electron chi connectivity index (χ3n) is 7.63. The number of allylic oxidation sites excluding steroid dienone is 3. The van der Waals surface area contributed by atoms with Gasteiger partial charge < -0.3 is 19.7 Å². The van der Waals surface area contributed by atoms with E-state index < -0.39 is 15.6 Å². The van der Waals surface area contributed by atoms with Crippen molar-refractivity contribution in [3.05, 3.63) is 96.2 Å². The Kier molecular flexibility index (Phi) is 9.46. The molecule has 1 aliphatic carbocycles. The first-order chi connectivity index (χ1) is 20.3. The molecule has 42 heavy (non-hydrogen) atoms. The fraction of sp³-hybridized carbons (Fsp3) is 0.344. The van der Waals surface area contributed by atoms with E-state index in [2.05, 4.69) is 19.6 Å². The first-order valence-corrected chi connectivity index (χ1v) is 16.0. The van der Waals surface area contributed by atoms with Crippen LogP contribution in [-0.4, -0.2) is 67.8 Å². The number of nitrogens with one attached hydrogen (secondary N) is 1. The molecule has 3 heterocycles. The Hall–Kier alpha value is -3.86. The highest BCUT2D eigenvalue weighted by Gasteiger charge is 2.25. The van der Waals surface area contributed by atoms with Crippen molar-refractivity contribution in [1.82, 2.24) is 9.88 Å². The van der Waals surface area contributed by atoms with E-state index >= 15 is 0 Å². The molecule has 2 atom stereocenters. The summed E-state index contributed by atoms with van der Waals surface area (Å²) >= 11 is 0. The Balaban J connectivity index is 1.33. The molecule has 3 aromatic rings. The molecule has 0 spiro atoms. The summed E-state index contributed by atoms with van der Waals surface area (Å²) in [6.45, 7) is 4.18. The zero-order valence-corrected chi connectivity index (χ0v) is 24.5. The van der Waals surface area contributed by atoms with Crippen LogP contribution in [-0.2, 0) is 9.73 Å². The molecular weight excluding hydrogens is 552 g/mol. The number of carbonyl (C=O) groups excluding carboxylic acids is 2. The van der Waals surface area contributed by atoms with E-state index in [1.165, 1.54) is 12.5 Å². The maximum atomic E-state index is 14.2. The SMILES string of the molecule is Cc1ccoc1C(=O)Nc1cccc(-c2cncc(C(=O)N=[S@](=O)(CCCN3CCC(O)CC3)C3C=CC=CC3)c2)c1. The molecule has 1 unspecified atom stereocenters. The van der Waals surface area contributed by atoms with E-state index in [1.807, 2.05) is 30.4 Å². The van der Waals surface area contributed by atoms with Gasteiger partial charge in [-0.25, -0.2) is 4.21 Å². The van der Waals surface area contributed by atoms with Crippen LogP contribution in [0.15, 0.2) is 88.1 Å². The number of amides is 2. The van der Waals surface area contributed by atoms with Crippen LogP contribution in [0, 0.1) is 6.92 Å². The van der Waals surface area contributed by atoms with E-state index in [9.17, 15) is 18.9 Å². The van der Waals surface area contributed by atoms with Gasteiger partial charge in [0.15, 0.2) is 5.76 Å². The Morgan fingerprint density at radius 1 is 1.14 bits per heavy atom. The van der Waals surface area contributed by atoms with Crippen molar-refractivity contribution in [3.63, 3.8) is 0 Å². The van der Waals surface area contributed by atoms with Gasteiger partial charge in [-0.1, -0.05) is 36.4 Å². The molecule has 0 bridgehead atoms. The van der Waals surface area contributed by atoms with Gasteiger partial charge in [0.1, 0.15) is 0 Å². The number of pyridine rings is 1. The van der Waals surface area contributed by atoms with E-state index in [4.69, 9.17) is 4.42 Å². The maximum absolute atomic E-state index is 14.2. The van der Waals surface area contributed by atoms with Crippen LogP contribution >= 0.6 is 0 Å². The summed E-state index contributed by atoms with van der Waals surface area (Å²) in [4.78, 5) is 32.6. The number of hydrogen-bond acceptors (Lipinski definition) is 7. The van der Waals surface area contributed by atoms with Gasteiger partial charge in [-0.05, 0) is 69.0 Å². The molecule has 0 saturated carbocycles. The summed E-state index contributed by atoms with van der Waals surface area (Å²) in [6.07, 6.45) is 14.6. The van der Waals surface area contributed by atoms with Crippen LogP contribution in [0.1, 0.15) is 52.2 Å². The van der Waals surface area contributed by atoms with Crippen molar-refractivity contribution in [1.29, 1.82) is 0 Å². The summed E-state index contributed by atoms with van der Waals surface area (Å²) in [5, 5.41) is 12.3. The van der Waals surface area contributed by atoms with E-state index in [0.29, 0.717) is 29.8 Å². The van der Waals surface area contributed by atoms with Crippen molar-refractivity contribution in [3.8, 4) is 11.1 Å². The third kappa shape index (κ3) is 7.31. The predicted molar refractivity (Wildman–Crippen MR) is 164 cm³/mol. The predicted octanol–water partition coefficient (Wildman–Crippen LogP) is 5.24. The summed E-state index contributed by atoms with van der Waals surface area (Å²) in [5.41, 5.74) is 2.98. The number of anilines is 1. The summed E-state index contributed by atoms with van der Waals surface area (Å²) in [7, 11) is -2.90. The van der Waals surface area contributed by atoms with Crippen molar-refractivity contribution in [2.75, 3.05) is 30.7 Å². The minimum atomic E-state index is -2.90. The van der Waals surface area contributed by atoms with Crippen LogP contribution < -0.4 is 5.32 Å². The minimum Gasteiger partial charge on any atom is -0.459 e. The minimum absolute atomic E-state index is 0.242. The molecule has 1 aromatic carbocycles. The molecule has 2 N–H and O–H groups in total. The second-order valence-corrected chi connectivity index (χ2v) is 13.3. The standard InChI is InChI=1S/C32H36N4O5S/c1-23-13-17-41-30(23)32(39)34-27-8-5-7-24(20-27)25-19-26(22-33-21-25)31(38)35-42(40,29-9-3-2-4-10-29)18-6-14-36-15-11-28(37)12-16-36/h2-5,7-9,13,17,19-22,28-29,37H,6,10-12,14-16,18H2,1H3,(H,34,39)/t29?,42-/m0/s1. The zero-order chi connectivity index (χ0) is 29.5. The molecule has 0 radical (unpaired) electrons. The lowest BCUT2D eigenvalue weighted by Gasteiger charge is -2.29. The van der Waals surface area contributed by atoms with E-state index in [0.717, 1.165) is 43.6 Å². The molecular formula is C32H36N4O5S. The highest BCUT2D eigenvalue weighted by molar-refractivity contribution is 7.94.